The number of aromatic nitrogens is 2. The molecule has 8 heteroatoms. The van der Waals surface area contributed by atoms with E-state index in [1.54, 1.807) is 38.1 Å². The van der Waals surface area contributed by atoms with E-state index >= 15 is 0 Å². The molecule has 0 bridgehead atoms. The fraction of sp³-hybridized carbons (Fsp3) is 0.273. The highest BCUT2D eigenvalue weighted by Crippen LogP contribution is 2.19. The number of nitrogens with one attached hydrogen (secondary N) is 1. The van der Waals surface area contributed by atoms with Crippen molar-refractivity contribution in [2.24, 2.45) is 0 Å². The summed E-state index contributed by atoms with van der Waals surface area (Å²) in [6, 6.07) is 14.7. The summed E-state index contributed by atoms with van der Waals surface area (Å²) >= 11 is 1.17. The van der Waals surface area contributed by atoms with E-state index < -0.39 is 5.97 Å². The van der Waals surface area contributed by atoms with Gasteiger partial charge >= 0.3 is 5.97 Å². The van der Waals surface area contributed by atoms with Gasteiger partial charge in [-0.15, -0.1) is 10.2 Å². The number of aryl methyl sites for hydroxylation is 1. The molecule has 0 saturated heterocycles. The minimum Gasteiger partial charge on any atom is -0.459 e. The average molecular weight is 426 g/mol. The highest BCUT2D eigenvalue weighted by Gasteiger charge is 2.12. The van der Waals surface area contributed by atoms with Gasteiger partial charge in [0.25, 0.3) is 5.22 Å². The smallest absolute Gasteiger partial charge is 0.338 e. The van der Waals surface area contributed by atoms with Gasteiger partial charge in [0.1, 0.15) is 0 Å². The van der Waals surface area contributed by atoms with E-state index in [0.29, 0.717) is 28.8 Å². The summed E-state index contributed by atoms with van der Waals surface area (Å²) in [7, 11) is 0. The number of esters is 1. The first-order valence-electron chi connectivity index (χ1n) is 9.50. The first-order chi connectivity index (χ1) is 14.4. The molecule has 0 aliphatic heterocycles. The number of hydrogen-bond donors (Lipinski definition) is 1. The Morgan fingerprint density at radius 1 is 1.07 bits per heavy atom. The number of rotatable bonds is 8. The molecule has 0 aliphatic rings. The quantitative estimate of drug-likeness (QED) is 0.425. The molecule has 1 aromatic heterocycles. The molecule has 1 heterocycles. The van der Waals surface area contributed by atoms with Crippen LogP contribution in [-0.2, 0) is 16.0 Å². The molecule has 3 rings (SSSR count). The molecule has 0 radical (unpaired) electrons. The van der Waals surface area contributed by atoms with Crippen molar-refractivity contribution in [3.63, 3.8) is 0 Å². The summed E-state index contributed by atoms with van der Waals surface area (Å²) in [5, 5.41) is 11.1. The monoisotopic (exact) mass is 425 g/mol. The van der Waals surface area contributed by atoms with Crippen LogP contribution in [0.15, 0.2) is 58.2 Å². The largest absolute Gasteiger partial charge is 0.459 e. The van der Waals surface area contributed by atoms with Crippen molar-refractivity contribution in [1.29, 1.82) is 0 Å². The van der Waals surface area contributed by atoms with Crippen LogP contribution in [0.2, 0.25) is 0 Å². The molecule has 0 fully saturated rings. The molecule has 0 unspecified atom stereocenters. The van der Waals surface area contributed by atoms with Crippen molar-refractivity contribution >= 4 is 29.3 Å². The molecule has 0 atom stereocenters. The highest BCUT2D eigenvalue weighted by molar-refractivity contribution is 7.99. The molecular weight excluding hydrogens is 402 g/mol. The third kappa shape index (κ3) is 6.45. The van der Waals surface area contributed by atoms with E-state index in [-0.39, 0.29) is 17.8 Å². The molecule has 0 aliphatic carbocycles. The number of carbonyl (C=O) groups excluding carboxylic acids is 2. The number of anilines is 1. The number of benzene rings is 2. The normalized spacial score (nSPS) is 10.8. The van der Waals surface area contributed by atoms with Crippen molar-refractivity contribution in [2.45, 2.75) is 38.5 Å². The van der Waals surface area contributed by atoms with Crippen LogP contribution in [0.1, 0.15) is 41.2 Å². The lowest BCUT2D eigenvalue weighted by Gasteiger charge is -2.08. The standard InChI is InChI=1S/C22H23N3O4S/c1-14(2)28-21(27)17-8-10-18(11-9-17)23-19(26)13-30-22-25-24-20(29-22)12-16-6-4-15(3)5-7-16/h4-11,14H,12-13H2,1-3H3,(H,23,26). The molecule has 7 nitrogen and oxygen atoms in total. The highest BCUT2D eigenvalue weighted by atomic mass is 32.2. The molecule has 2 aromatic carbocycles. The topological polar surface area (TPSA) is 94.3 Å². The zero-order valence-corrected chi connectivity index (χ0v) is 17.9. The van der Waals surface area contributed by atoms with Gasteiger partial charge in [0.2, 0.25) is 11.8 Å². The second-order valence-corrected chi connectivity index (χ2v) is 7.92. The summed E-state index contributed by atoms with van der Waals surface area (Å²) in [6.07, 6.45) is 0.363. The van der Waals surface area contributed by atoms with Crippen LogP contribution in [0, 0.1) is 6.92 Å². The van der Waals surface area contributed by atoms with Gasteiger partial charge in [-0.2, -0.15) is 0 Å². The van der Waals surface area contributed by atoms with Crippen LogP contribution < -0.4 is 5.32 Å². The molecule has 1 amide bonds. The lowest BCUT2D eigenvalue weighted by molar-refractivity contribution is -0.113. The van der Waals surface area contributed by atoms with Gasteiger partial charge < -0.3 is 14.5 Å². The maximum Gasteiger partial charge on any atom is 0.338 e. The van der Waals surface area contributed by atoms with Crippen molar-refractivity contribution in [1.82, 2.24) is 10.2 Å². The molecule has 0 saturated carbocycles. The van der Waals surface area contributed by atoms with Crippen molar-refractivity contribution in [3.05, 3.63) is 71.1 Å². The zero-order chi connectivity index (χ0) is 21.5. The fourth-order valence-corrected chi connectivity index (χ4v) is 3.13. The predicted octanol–water partition coefficient (Wildman–Crippen LogP) is 4.26. The van der Waals surface area contributed by atoms with Gasteiger partial charge in [0.05, 0.1) is 23.8 Å². The van der Waals surface area contributed by atoms with Crippen LogP contribution in [0.3, 0.4) is 0 Å². The Morgan fingerprint density at radius 2 is 1.77 bits per heavy atom. The van der Waals surface area contributed by atoms with E-state index in [1.807, 2.05) is 31.2 Å². The predicted molar refractivity (Wildman–Crippen MR) is 115 cm³/mol. The summed E-state index contributed by atoms with van der Waals surface area (Å²) in [4.78, 5) is 24.0. The Hall–Kier alpha value is -3.13. The third-order valence-corrected chi connectivity index (χ3v) is 4.82. The summed E-state index contributed by atoms with van der Waals surface area (Å²) < 4.78 is 10.7. The van der Waals surface area contributed by atoms with Gasteiger partial charge in [-0.05, 0) is 50.6 Å². The van der Waals surface area contributed by atoms with Crippen LogP contribution in [0.25, 0.3) is 0 Å². The number of hydrogen-bond acceptors (Lipinski definition) is 7. The average Bonchev–Trinajstić information content (AvgIpc) is 3.15. The molecule has 1 N–H and O–H groups in total. The first-order valence-corrected chi connectivity index (χ1v) is 10.5. The first kappa shape index (κ1) is 21.6. The lowest BCUT2D eigenvalue weighted by atomic mass is 10.1. The summed E-state index contributed by atoms with van der Waals surface area (Å²) in [5.41, 5.74) is 3.30. The van der Waals surface area contributed by atoms with Crippen LogP contribution in [-0.4, -0.2) is 33.9 Å². The van der Waals surface area contributed by atoms with Crippen molar-refractivity contribution in [2.75, 3.05) is 11.1 Å². The number of thioether (sulfide) groups is 1. The molecular formula is C22H23N3O4S. The van der Waals surface area contributed by atoms with Crippen LogP contribution in [0.4, 0.5) is 5.69 Å². The van der Waals surface area contributed by atoms with Crippen LogP contribution >= 0.6 is 11.8 Å². The zero-order valence-electron chi connectivity index (χ0n) is 17.0. The second-order valence-electron chi connectivity index (χ2n) is 6.99. The van der Waals surface area contributed by atoms with Gasteiger partial charge in [-0.25, -0.2) is 4.79 Å². The van der Waals surface area contributed by atoms with E-state index in [9.17, 15) is 9.59 Å². The Labute approximate surface area is 179 Å². The van der Waals surface area contributed by atoms with Gasteiger partial charge in [-0.1, -0.05) is 41.6 Å². The van der Waals surface area contributed by atoms with E-state index in [1.165, 1.54) is 17.3 Å². The van der Waals surface area contributed by atoms with Crippen molar-refractivity contribution < 1.29 is 18.7 Å². The van der Waals surface area contributed by atoms with E-state index in [4.69, 9.17) is 9.15 Å². The molecule has 3 aromatic rings. The fourth-order valence-electron chi connectivity index (χ4n) is 2.54. The minimum atomic E-state index is -0.392. The SMILES string of the molecule is Cc1ccc(Cc2nnc(SCC(=O)Nc3ccc(C(=O)OC(C)C)cc3)o2)cc1. The van der Waals surface area contributed by atoms with Gasteiger partial charge in [-0.3, -0.25) is 4.79 Å². The number of carbonyl (C=O) groups is 2. The summed E-state index contributed by atoms with van der Waals surface area (Å²) in [6.45, 7) is 5.61. The number of amides is 1. The maximum atomic E-state index is 12.2. The third-order valence-electron chi connectivity index (χ3n) is 4.00. The minimum absolute atomic E-state index is 0.128. The lowest BCUT2D eigenvalue weighted by Crippen LogP contribution is -2.14. The van der Waals surface area contributed by atoms with Gasteiger partial charge in [0, 0.05) is 5.69 Å². The van der Waals surface area contributed by atoms with E-state index in [2.05, 4.69) is 15.5 Å². The second kappa shape index (κ2) is 10.1. The Balaban J connectivity index is 1.47. The van der Waals surface area contributed by atoms with Crippen molar-refractivity contribution in [3.8, 4) is 0 Å². The molecule has 30 heavy (non-hydrogen) atoms. The molecule has 156 valence electrons. The maximum absolute atomic E-state index is 12.2. The summed E-state index contributed by atoms with van der Waals surface area (Å²) in [5.74, 6) is 0.0289. The Morgan fingerprint density at radius 3 is 2.43 bits per heavy atom. The Kier molecular flexibility index (Phi) is 7.24. The number of nitrogens with zero attached hydrogens (tertiary/aromatic N) is 2. The Bertz CT molecular complexity index is 998. The molecule has 0 spiro atoms. The van der Waals surface area contributed by atoms with E-state index in [0.717, 1.165) is 5.56 Å². The van der Waals surface area contributed by atoms with Crippen LogP contribution in [0.5, 0.6) is 0 Å². The number of ether oxygens (including phenoxy) is 1. The van der Waals surface area contributed by atoms with Gasteiger partial charge in [0.15, 0.2) is 0 Å².